The van der Waals surface area contributed by atoms with E-state index in [2.05, 4.69) is 73.5 Å². The van der Waals surface area contributed by atoms with Gasteiger partial charge in [0.15, 0.2) is 5.16 Å². The second-order valence-corrected chi connectivity index (χ2v) is 10.4. The quantitative estimate of drug-likeness (QED) is 0.311. The van der Waals surface area contributed by atoms with Crippen LogP contribution in [0.25, 0.3) is 10.8 Å². The average Bonchev–Trinajstić information content (AvgIpc) is 3.28. The normalized spacial score (nSPS) is 15.1. The molecule has 1 amide bonds. The van der Waals surface area contributed by atoms with Gasteiger partial charge in [0.2, 0.25) is 5.91 Å². The lowest BCUT2D eigenvalue weighted by atomic mass is 10.00. The standard InChI is InChI=1S/C29H33N5OS/c1-22(25-16-10-14-24-13-6-7-15-26(24)25)30-28(35)21-36-29-32-31-27(20-33-17-8-3-9-18-33)34(29)19-23-11-4-2-5-12-23/h2,4-7,10-16,22H,3,8-9,17-21H2,1H3,(H,30,35). The van der Waals surface area contributed by atoms with E-state index in [1.165, 1.54) is 47.4 Å². The van der Waals surface area contributed by atoms with Gasteiger partial charge in [-0.05, 0) is 54.8 Å². The molecule has 6 nitrogen and oxygen atoms in total. The van der Waals surface area contributed by atoms with Crippen LogP contribution in [0.15, 0.2) is 78.0 Å². The monoisotopic (exact) mass is 499 g/mol. The Morgan fingerprint density at radius 2 is 1.67 bits per heavy atom. The van der Waals surface area contributed by atoms with Gasteiger partial charge in [0.1, 0.15) is 5.82 Å². The third kappa shape index (κ3) is 5.97. The summed E-state index contributed by atoms with van der Waals surface area (Å²) in [5.41, 5.74) is 2.33. The van der Waals surface area contributed by atoms with Crippen molar-refractivity contribution in [3.05, 3.63) is 89.7 Å². The number of thioether (sulfide) groups is 1. The topological polar surface area (TPSA) is 63.1 Å². The van der Waals surface area contributed by atoms with Gasteiger partial charge in [0, 0.05) is 0 Å². The number of fused-ring (bicyclic) bond motifs is 1. The number of carbonyl (C=O) groups is 1. The van der Waals surface area contributed by atoms with Gasteiger partial charge in [-0.15, -0.1) is 10.2 Å². The lowest BCUT2D eigenvalue weighted by Gasteiger charge is -2.26. The Bertz CT molecular complexity index is 1290. The molecular weight excluding hydrogens is 466 g/mol. The number of piperidine rings is 1. The number of nitrogens with one attached hydrogen (secondary N) is 1. The lowest BCUT2D eigenvalue weighted by Crippen LogP contribution is -2.30. The minimum atomic E-state index is -0.0824. The summed E-state index contributed by atoms with van der Waals surface area (Å²) < 4.78 is 2.18. The van der Waals surface area contributed by atoms with Crippen molar-refractivity contribution in [1.29, 1.82) is 0 Å². The molecule has 186 valence electrons. The summed E-state index contributed by atoms with van der Waals surface area (Å²) in [7, 11) is 0. The zero-order chi connectivity index (χ0) is 24.7. The van der Waals surface area contributed by atoms with E-state index >= 15 is 0 Å². The largest absolute Gasteiger partial charge is 0.349 e. The first-order valence-corrected chi connectivity index (χ1v) is 13.7. The number of nitrogens with zero attached hydrogens (tertiary/aromatic N) is 4. The third-order valence-corrected chi connectivity index (χ3v) is 7.76. The smallest absolute Gasteiger partial charge is 0.230 e. The van der Waals surface area contributed by atoms with Gasteiger partial charge in [-0.3, -0.25) is 9.69 Å². The van der Waals surface area contributed by atoms with Gasteiger partial charge in [-0.2, -0.15) is 0 Å². The summed E-state index contributed by atoms with van der Waals surface area (Å²) in [6.07, 6.45) is 3.79. The Labute approximate surface area is 217 Å². The number of carbonyl (C=O) groups excluding carboxylic acids is 1. The molecule has 4 aromatic rings. The van der Waals surface area contributed by atoms with Crippen LogP contribution in [0.2, 0.25) is 0 Å². The predicted molar refractivity (Wildman–Crippen MR) is 146 cm³/mol. The van der Waals surface area contributed by atoms with Crippen LogP contribution in [0, 0.1) is 0 Å². The van der Waals surface area contributed by atoms with Crippen molar-refractivity contribution in [2.45, 2.75) is 50.5 Å². The summed E-state index contributed by atoms with van der Waals surface area (Å²) in [5, 5.41) is 15.4. The molecule has 1 aliphatic rings. The predicted octanol–water partition coefficient (Wildman–Crippen LogP) is 5.44. The van der Waals surface area contributed by atoms with E-state index in [9.17, 15) is 4.79 Å². The number of rotatable bonds is 9. The number of aromatic nitrogens is 3. The molecule has 0 saturated carbocycles. The Balaban J connectivity index is 1.27. The zero-order valence-electron chi connectivity index (χ0n) is 20.8. The molecular formula is C29H33N5OS. The van der Waals surface area contributed by atoms with Crippen molar-refractivity contribution >= 4 is 28.4 Å². The molecule has 2 heterocycles. The minimum Gasteiger partial charge on any atom is -0.349 e. The van der Waals surface area contributed by atoms with Crippen LogP contribution in [0.5, 0.6) is 0 Å². The first-order valence-electron chi connectivity index (χ1n) is 12.8. The van der Waals surface area contributed by atoms with Crippen molar-refractivity contribution in [2.75, 3.05) is 18.8 Å². The fraction of sp³-hybridized carbons (Fsp3) is 0.345. The van der Waals surface area contributed by atoms with Crippen LogP contribution in [0.4, 0.5) is 0 Å². The van der Waals surface area contributed by atoms with Crippen LogP contribution in [-0.4, -0.2) is 44.4 Å². The second kappa shape index (κ2) is 11.7. The first kappa shape index (κ1) is 24.5. The third-order valence-electron chi connectivity index (χ3n) is 6.79. The maximum atomic E-state index is 12.9. The van der Waals surface area contributed by atoms with Crippen molar-refractivity contribution < 1.29 is 4.79 Å². The number of hydrogen-bond donors (Lipinski definition) is 1. The molecule has 1 atom stereocenters. The van der Waals surface area contributed by atoms with E-state index in [1.54, 1.807) is 0 Å². The lowest BCUT2D eigenvalue weighted by molar-refractivity contribution is -0.119. The molecule has 1 aliphatic heterocycles. The molecule has 36 heavy (non-hydrogen) atoms. The zero-order valence-corrected chi connectivity index (χ0v) is 21.6. The number of benzene rings is 3. The fourth-order valence-corrected chi connectivity index (χ4v) is 5.67. The van der Waals surface area contributed by atoms with Crippen LogP contribution < -0.4 is 5.32 Å². The highest BCUT2D eigenvalue weighted by Crippen LogP contribution is 2.25. The molecule has 1 aromatic heterocycles. The Morgan fingerprint density at radius 3 is 2.50 bits per heavy atom. The molecule has 1 N–H and O–H groups in total. The Morgan fingerprint density at radius 1 is 0.917 bits per heavy atom. The molecule has 0 aliphatic carbocycles. The van der Waals surface area contributed by atoms with Crippen LogP contribution >= 0.6 is 11.8 Å². The number of likely N-dealkylation sites (tertiary alicyclic amines) is 1. The van der Waals surface area contributed by atoms with Gasteiger partial charge in [-0.25, -0.2) is 0 Å². The van der Waals surface area contributed by atoms with Crippen molar-refractivity contribution in [1.82, 2.24) is 25.0 Å². The highest BCUT2D eigenvalue weighted by atomic mass is 32.2. The highest BCUT2D eigenvalue weighted by Gasteiger charge is 2.19. The number of hydrogen-bond acceptors (Lipinski definition) is 5. The van der Waals surface area contributed by atoms with E-state index in [0.717, 1.165) is 36.2 Å². The molecule has 1 unspecified atom stereocenters. The fourth-order valence-electron chi connectivity index (χ4n) is 4.90. The van der Waals surface area contributed by atoms with Gasteiger partial charge in [-0.1, -0.05) is 91.0 Å². The second-order valence-electron chi connectivity index (χ2n) is 9.45. The molecule has 0 bridgehead atoms. The first-order chi connectivity index (χ1) is 17.7. The Hall–Kier alpha value is -3.16. The number of amides is 1. The van der Waals surface area contributed by atoms with E-state index in [-0.39, 0.29) is 11.9 Å². The van der Waals surface area contributed by atoms with Crippen LogP contribution in [-0.2, 0) is 17.9 Å². The summed E-state index contributed by atoms with van der Waals surface area (Å²) in [6, 6.07) is 24.8. The van der Waals surface area contributed by atoms with Gasteiger partial charge in [0.05, 0.1) is 24.9 Å². The maximum absolute atomic E-state index is 12.9. The summed E-state index contributed by atoms with van der Waals surface area (Å²) in [4.78, 5) is 15.4. The van der Waals surface area contributed by atoms with Crippen molar-refractivity contribution in [3.8, 4) is 0 Å². The van der Waals surface area contributed by atoms with E-state index in [4.69, 9.17) is 0 Å². The molecule has 0 radical (unpaired) electrons. The summed E-state index contributed by atoms with van der Waals surface area (Å²) >= 11 is 1.46. The van der Waals surface area contributed by atoms with Crippen LogP contribution in [0.3, 0.4) is 0 Å². The van der Waals surface area contributed by atoms with Gasteiger partial charge in [0.25, 0.3) is 0 Å². The summed E-state index contributed by atoms with van der Waals surface area (Å²) in [5.74, 6) is 1.26. The van der Waals surface area contributed by atoms with Gasteiger partial charge >= 0.3 is 0 Å². The van der Waals surface area contributed by atoms with E-state index in [0.29, 0.717) is 12.3 Å². The van der Waals surface area contributed by atoms with Crippen molar-refractivity contribution in [3.63, 3.8) is 0 Å². The van der Waals surface area contributed by atoms with Crippen molar-refractivity contribution in [2.24, 2.45) is 0 Å². The minimum absolute atomic E-state index is 0.00715. The maximum Gasteiger partial charge on any atom is 0.230 e. The average molecular weight is 500 g/mol. The highest BCUT2D eigenvalue weighted by molar-refractivity contribution is 7.99. The molecule has 5 rings (SSSR count). The van der Waals surface area contributed by atoms with Crippen LogP contribution in [0.1, 0.15) is 49.2 Å². The molecule has 7 heteroatoms. The summed E-state index contributed by atoms with van der Waals surface area (Å²) in [6.45, 7) is 5.75. The van der Waals surface area contributed by atoms with Gasteiger partial charge < -0.3 is 9.88 Å². The molecule has 0 spiro atoms. The molecule has 3 aromatic carbocycles. The van der Waals surface area contributed by atoms with E-state index < -0.39 is 0 Å². The molecule has 1 saturated heterocycles. The molecule has 1 fully saturated rings. The Kier molecular flexibility index (Phi) is 7.98. The SMILES string of the molecule is CC(NC(=O)CSc1nnc(CN2CCCCC2)n1Cc1ccccc1)c1cccc2ccccc12. The van der Waals surface area contributed by atoms with E-state index in [1.807, 2.05) is 31.2 Å².